The van der Waals surface area contributed by atoms with Gasteiger partial charge in [-0.2, -0.15) is 0 Å². The summed E-state index contributed by atoms with van der Waals surface area (Å²) in [6.07, 6.45) is 13.2. The lowest BCUT2D eigenvalue weighted by atomic mass is 10.1. The summed E-state index contributed by atoms with van der Waals surface area (Å²) in [6.45, 7) is 2.29. The molecule has 0 aromatic heterocycles. The molecule has 4 aromatic carbocycles. The van der Waals surface area contributed by atoms with Crippen LogP contribution < -0.4 is 21.2 Å². The second-order valence-electron chi connectivity index (χ2n) is 10.1. The van der Waals surface area contributed by atoms with E-state index in [-0.39, 0.29) is 0 Å². The average molecular weight is 538 g/mol. The molecule has 0 amide bonds. The van der Waals surface area contributed by atoms with Gasteiger partial charge in [-0.3, -0.25) is 0 Å². The molecule has 0 bridgehead atoms. The third kappa shape index (κ3) is 7.99. The fourth-order valence-corrected chi connectivity index (χ4v) is 13.8. The predicted octanol–water partition coefficient (Wildman–Crippen LogP) is 9.40. The van der Waals surface area contributed by atoms with Crippen LogP contribution in [0.3, 0.4) is 0 Å². The number of hydrogen-bond donors (Lipinski definition) is 0. The molecule has 0 nitrogen and oxygen atoms in total. The number of allylic oxidation sites excluding steroid dienone is 1. The van der Waals surface area contributed by atoms with Crippen molar-refractivity contribution in [2.24, 2.45) is 0 Å². The van der Waals surface area contributed by atoms with Gasteiger partial charge in [-0.1, -0.05) is 143 Å². The van der Waals surface area contributed by atoms with E-state index in [1.54, 1.807) is 0 Å². The Kier molecular flexibility index (Phi) is 11.8. The molecule has 4 rings (SSSR count). The first-order valence-electron chi connectivity index (χ1n) is 14.4. The highest BCUT2D eigenvalue weighted by Crippen LogP contribution is 2.65. The zero-order chi connectivity index (χ0) is 26.3. The van der Waals surface area contributed by atoms with E-state index in [1.807, 2.05) is 0 Å². The summed E-state index contributed by atoms with van der Waals surface area (Å²) >= 11 is 0. The van der Waals surface area contributed by atoms with Crippen LogP contribution in [0, 0.1) is 0 Å². The van der Waals surface area contributed by atoms with Gasteiger partial charge in [0.1, 0.15) is 17.9 Å². The molecule has 4 aromatic rings. The summed E-state index contributed by atoms with van der Waals surface area (Å²) < 4.78 is 0. The molecule has 0 saturated heterocycles. The highest BCUT2D eigenvalue weighted by atomic mass is 31.2. The van der Waals surface area contributed by atoms with E-state index >= 15 is 0 Å². The second kappa shape index (κ2) is 15.8. The fourth-order valence-electron chi connectivity index (χ4n) is 5.14. The molecule has 2 heteroatoms. The number of benzene rings is 4. The van der Waals surface area contributed by atoms with Crippen LogP contribution in [0.15, 0.2) is 133 Å². The molecule has 0 heterocycles. The van der Waals surface area contributed by atoms with Gasteiger partial charge in [-0.25, -0.2) is 0 Å². The van der Waals surface area contributed by atoms with Crippen molar-refractivity contribution in [3.63, 3.8) is 0 Å². The first-order valence-corrected chi connectivity index (χ1v) is 17.9. The Bertz CT molecular complexity index is 1110. The van der Waals surface area contributed by atoms with Crippen molar-refractivity contribution in [2.75, 3.05) is 5.90 Å². The first-order chi connectivity index (χ1) is 18.8. The van der Waals surface area contributed by atoms with Crippen molar-refractivity contribution >= 4 is 36.4 Å². The molecule has 0 atom stereocenters. The Morgan fingerprint density at radius 1 is 0.526 bits per heavy atom. The fraction of sp³-hybridized carbons (Fsp3) is 0.278. The SMILES string of the molecule is CCCCCCCCC/C=C/[P+](CP(c1ccccc1)c1ccccc1)(c1ccccc1)c1ccccc1. The van der Waals surface area contributed by atoms with E-state index in [9.17, 15) is 0 Å². The minimum absolute atomic E-state index is 0.524. The molecule has 0 N–H and O–H groups in total. The van der Waals surface area contributed by atoms with Crippen LogP contribution in [0.2, 0.25) is 0 Å². The quantitative estimate of drug-likeness (QED) is 0.105. The van der Waals surface area contributed by atoms with E-state index in [2.05, 4.69) is 140 Å². The van der Waals surface area contributed by atoms with Gasteiger partial charge in [0.15, 0.2) is 0 Å². The highest BCUT2D eigenvalue weighted by molar-refractivity contribution is 8.00. The second-order valence-corrected chi connectivity index (χ2v) is 16.2. The third-order valence-corrected chi connectivity index (χ3v) is 15.2. The van der Waals surface area contributed by atoms with Crippen molar-refractivity contribution < 1.29 is 0 Å². The Labute approximate surface area is 233 Å². The number of hydrogen-bond acceptors (Lipinski definition) is 0. The number of unbranched alkanes of at least 4 members (excludes halogenated alkanes) is 7. The highest BCUT2D eigenvalue weighted by Gasteiger charge is 2.43. The monoisotopic (exact) mass is 537 g/mol. The van der Waals surface area contributed by atoms with Crippen LogP contribution >= 0.6 is 15.2 Å². The van der Waals surface area contributed by atoms with Gasteiger partial charge < -0.3 is 0 Å². The van der Waals surface area contributed by atoms with Crippen molar-refractivity contribution in [3.05, 3.63) is 133 Å². The maximum atomic E-state index is 2.66. The summed E-state index contributed by atoms with van der Waals surface area (Å²) in [5, 5.41) is 5.90. The summed E-state index contributed by atoms with van der Waals surface area (Å²) in [6, 6.07) is 45.2. The van der Waals surface area contributed by atoms with E-state index in [4.69, 9.17) is 0 Å². The van der Waals surface area contributed by atoms with Gasteiger partial charge in [0.05, 0.1) is 11.7 Å². The van der Waals surface area contributed by atoms with Crippen molar-refractivity contribution in [1.29, 1.82) is 0 Å². The van der Waals surface area contributed by atoms with E-state index in [0.29, 0.717) is 0 Å². The molecule has 0 spiro atoms. The van der Waals surface area contributed by atoms with Crippen LogP contribution in [-0.2, 0) is 0 Å². The maximum absolute atomic E-state index is 2.66. The van der Waals surface area contributed by atoms with Crippen LogP contribution in [0.5, 0.6) is 0 Å². The minimum Gasteiger partial charge on any atom is -0.0654 e. The van der Waals surface area contributed by atoms with Crippen LogP contribution in [0.1, 0.15) is 58.3 Å². The third-order valence-electron chi connectivity index (χ3n) is 7.27. The lowest BCUT2D eigenvalue weighted by Gasteiger charge is -2.29. The van der Waals surface area contributed by atoms with Crippen molar-refractivity contribution in [1.82, 2.24) is 0 Å². The summed E-state index contributed by atoms with van der Waals surface area (Å²) in [5.74, 6) is 3.81. The summed E-state index contributed by atoms with van der Waals surface area (Å²) in [4.78, 5) is 0. The molecule has 0 aliphatic carbocycles. The molecule has 0 fully saturated rings. The topological polar surface area (TPSA) is 0 Å². The Hall–Kier alpha value is -2.52. The van der Waals surface area contributed by atoms with Crippen LogP contribution in [-0.4, -0.2) is 5.90 Å². The van der Waals surface area contributed by atoms with Gasteiger partial charge in [0.25, 0.3) is 0 Å². The molecule has 196 valence electrons. The van der Waals surface area contributed by atoms with E-state index in [0.717, 1.165) is 5.90 Å². The van der Waals surface area contributed by atoms with Gasteiger partial charge >= 0.3 is 0 Å². The van der Waals surface area contributed by atoms with E-state index in [1.165, 1.54) is 72.6 Å². The standard InChI is InChI=1S/C36H43P2/c1-2-3-4-5-6-7-8-9-22-31-38(35-27-18-12-19-28-35,36-29-20-13-21-30-36)32-37(33-23-14-10-15-24-33)34-25-16-11-17-26-34/h10-31H,2-9,32H2,1H3/q+1/b31-22+. The minimum atomic E-state index is -1.81. The average Bonchev–Trinajstić information content (AvgIpc) is 3.00. The van der Waals surface area contributed by atoms with Crippen molar-refractivity contribution in [2.45, 2.75) is 58.3 Å². The predicted molar refractivity (Wildman–Crippen MR) is 175 cm³/mol. The maximum Gasteiger partial charge on any atom is 0.109 e. The van der Waals surface area contributed by atoms with Crippen LogP contribution in [0.4, 0.5) is 0 Å². The molecule has 38 heavy (non-hydrogen) atoms. The normalized spacial score (nSPS) is 11.8. The summed E-state index contributed by atoms with van der Waals surface area (Å²) in [5.41, 5.74) is 0. The Balaban J connectivity index is 1.69. The largest absolute Gasteiger partial charge is 0.109 e. The Morgan fingerprint density at radius 3 is 1.42 bits per heavy atom. The Morgan fingerprint density at radius 2 is 0.947 bits per heavy atom. The van der Waals surface area contributed by atoms with Gasteiger partial charge in [0.2, 0.25) is 0 Å². The van der Waals surface area contributed by atoms with Crippen molar-refractivity contribution in [3.8, 4) is 0 Å². The lowest BCUT2D eigenvalue weighted by Crippen LogP contribution is -2.26. The molecule has 0 saturated carbocycles. The molecule has 0 aliphatic heterocycles. The zero-order valence-electron chi connectivity index (χ0n) is 23.0. The van der Waals surface area contributed by atoms with E-state index < -0.39 is 15.2 Å². The molecule has 0 unspecified atom stereocenters. The van der Waals surface area contributed by atoms with Gasteiger partial charge in [0, 0.05) is 0 Å². The van der Waals surface area contributed by atoms with Gasteiger partial charge in [-0.05, 0) is 61.7 Å². The molecular weight excluding hydrogens is 494 g/mol. The smallest absolute Gasteiger partial charge is 0.0654 e. The zero-order valence-corrected chi connectivity index (χ0v) is 24.7. The number of rotatable bonds is 15. The lowest BCUT2D eigenvalue weighted by molar-refractivity contribution is 0.592. The molecular formula is C36H43P2+. The van der Waals surface area contributed by atoms with Gasteiger partial charge in [-0.15, -0.1) is 0 Å². The first kappa shape index (κ1) is 28.5. The molecule has 0 aliphatic rings. The van der Waals surface area contributed by atoms with Crippen LogP contribution in [0.25, 0.3) is 0 Å². The molecule has 0 radical (unpaired) electrons. The summed E-state index contributed by atoms with van der Waals surface area (Å²) in [7, 11) is -2.33.